The Hall–Kier alpha value is -2.93. The van der Waals surface area contributed by atoms with Crippen LogP contribution in [0.5, 0.6) is 5.88 Å². The summed E-state index contributed by atoms with van der Waals surface area (Å²) in [5.41, 5.74) is 1.91. The summed E-state index contributed by atoms with van der Waals surface area (Å²) in [4.78, 5) is 8.60. The fraction of sp³-hybridized carbons (Fsp3) is 0.278. The molecule has 1 saturated heterocycles. The number of nitrogens with one attached hydrogen (secondary N) is 1. The van der Waals surface area contributed by atoms with Crippen molar-refractivity contribution in [2.45, 2.75) is 19.1 Å². The van der Waals surface area contributed by atoms with E-state index in [1.807, 2.05) is 42.5 Å². The van der Waals surface area contributed by atoms with Gasteiger partial charge in [0.25, 0.3) is 11.8 Å². The van der Waals surface area contributed by atoms with E-state index in [2.05, 4.69) is 20.4 Å². The summed E-state index contributed by atoms with van der Waals surface area (Å²) in [6, 6.07) is 13.5. The van der Waals surface area contributed by atoms with Gasteiger partial charge in [-0.25, -0.2) is 4.98 Å². The molecule has 0 amide bonds. The summed E-state index contributed by atoms with van der Waals surface area (Å²) in [7, 11) is 0. The number of hydrogen-bond donors (Lipinski definition) is 1. The normalized spacial score (nSPS) is 16.7. The molecule has 0 radical (unpaired) electrons. The summed E-state index contributed by atoms with van der Waals surface area (Å²) >= 11 is 0. The third-order valence-corrected chi connectivity index (χ3v) is 3.87. The van der Waals surface area contributed by atoms with E-state index >= 15 is 0 Å². The Balaban J connectivity index is 1.37. The summed E-state index contributed by atoms with van der Waals surface area (Å²) in [6.45, 7) is 1.91. The Morgan fingerprint density at radius 1 is 1.20 bits per heavy atom. The molecule has 0 unspecified atom stereocenters. The van der Waals surface area contributed by atoms with E-state index < -0.39 is 0 Å². The highest BCUT2D eigenvalue weighted by molar-refractivity contribution is 5.53. The van der Waals surface area contributed by atoms with Crippen LogP contribution >= 0.6 is 0 Å². The minimum Gasteiger partial charge on any atom is -0.472 e. The fourth-order valence-electron chi connectivity index (χ4n) is 2.58. The average molecular weight is 338 g/mol. The molecule has 0 spiro atoms. The number of ether oxygens (including phenoxy) is 2. The number of anilines is 1. The zero-order chi connectivity index (χ0) is 16.9. The molecule has 1 aliphatic rings. The molecular formula is C18H18N4O3. The molecule has 7 heteroatoms. The summed E-state index contributed by atoms with van der Waals surface area (Å²) < 4.78 is 16.4. The van der Waals surface area contributed by atoms with Crippen molar-refractivity contribution >= 4 is 5.95 Å². The lowest BCUT2D eigenvalue weighted by molar-refractivity contribution is 0.138. The van der Waals surface area contributed by atoms with E-state index in [1.165, 1.54) is 0 Å². The van der Waals surface area contributed by atoms with Gasteiger partial charge in [-0.1, -0.05) is 18.2 Å². The van der Waals surface area contributed by atoms with Crippen molar-refractivity contribution in [3.63, 3.8) is 0 Å². The van der Waals surface area contributed by atoms with Gasteiger partial charge in [0.1, 0.15) is 6.10 Å². The van der Waals surface area contributed by atoms with Crippen molar-refractivity contribution < 1.29 is 14.0 Å². The number of rotatable bonds is 6. The molecule has 7 nitrogen and oxygen atoms in total. The smallest absolute Gasteiger partial charge is 0.264 e. The second kappa shape index (κ2) is 7.31. The Morgan fingerprint density at radius 2 is 2.12 bits per heavy atom. The van der Waals surface area contributed by atoms with Crippen LogP contribution in [0.3, 0.4) is 0 Å². The predicted octanol–water partition coefficient (Wildman–Crippen LogP) is 2.91. The average Bonchev–Trinajstić information content (AvgIpc) is 3.33. The second-order valence-electron chi connectivity index (χ2n) is 5.75. The number of aromatic nitrogens is 3. The molecule has 3 heterocycles. The van der Waals surface area contributed by atoms with Crippen LogP contribution in [0, 0.1) is 0 Å². The first-order valence-corrected chi connectivity index (χ1v) is 8.19. The molecule has 25 heavy (non-hydrogen) atoms. The van der Waals surface area contributed by atoms with Gasteiger partial charge in [-0.3, -0.25) is 0 Å². The lowest BCUT2D eigenvalue weighted by atomic mass is 10.2. The van der Waals surface area contributed by atoms with Crippen LogP contribution in [0.15, 0.2) is 53.2 Å². The van der Waals surface area contributed by atoms with Gasteiger partial charge in [0.05, 0.1) is 13.2 Å². The zero-order valence-electron chi connectivity index (χ0n) is 13.6. The van der Waals surface area contributed by atoms with Gasteiger partial charge in [0, 0.05) is 30.8 Å². The lowest BCUT2D eigenvalue weighted by Crippen LogP contribution is -2.16. The first kappa shape index (κ1) is 15.6. The standard InChI is InChI=1S/C18H18N4O3/c1-2-4-14(5-3-1)17-21-18(22-25-17)20-11-13-6-8-19-16(10-13)24-15-7-9-23-12-15/h1-6,8,10,15H,7,9,11-12H2,(H,20,22)/t15-/m0/s1. The first-order valence-electron chi connectivity index (χ1n) is 8.19. The third kappa shape index (κ3) is 3.95. The van der Waals surface area contributed by atoms with E-state index in [4.69, 9.17) is 14.0 Å². The van der Waals surface area contributed by atoms with Crippen LogP contribution in [-0.4, -0.2) is 34.4 Å². The zero-order valence-corrected chi connectivity index (χ0v) is 13.6. The van der Waals surface area contributed by atoms with Crippen LogP contribution in [0.1, 0.15) is 12.0 Å². The highest BCUT2D eigenvalue weighted by Gasteiger charge is 2.17. The second-order valence-corrected chi connectivity index (χ2v) is 5.75. The molecule has 3 aromatic rings. The van der Waals surface area contributed by atoms with Gasteiger partial charge >= 0.3 is 0 Å². The molecular weight excluding hydrogens is 320 g/mol. The molecule has 1 N–H and O–H groups in total. The topological polar surface area (TPSA) is 82.3 Å². The molecule has 1 aromatic carbocycles. The number of hydrogen-bond acceptors (Lipinski definition) is 7. The van der Waals surface area contributed by atoms with Gasteiger partial charge < -0.3 is 19.3 Å². The maximum absolute atomic E-state index is 5.82. The van der Waals surface area contributed by atoms with E-state index in [0.717, 1.165) is 24.2 Å². The van der Waals surface area contributed by atoms with Gasteiger partial charge in [-0.2, -0.15) is 4.98 Å². The van der Waals surface area contributed by atoms with Crippen LogP contribution in [0.4, 0.5) is 5.95 Å². The molecule has 1 atom stereocenters. The molecule has 0 aliphatic carbocycles. The van der Waals surface area contributed by atoms with Crippen molar-refractivity contribution in [1.29, 1.82) is 0 Å². The molecule has 0 bridgehead atoms. The Bertz CT molecular complexity index is 816. The maximum Gasteiger partial charge on any atom is 0.264 e. The van der Waals surface area contributed by atoms with Crippen molar-refractivity contribution in [3.05, 3.63) is 54.2 Å². The SMILES string of the molecule is c1ccc(-c2nc(NCc3ccnc(O[C@H]4CCOC4)c3)no2)cc1. The number of benzene rings is 1. The first-order chi connectivity index (χ1) is 12.4. The summed E-state index contributed by atoms with van der Waals surface area (Å²) in [5.74, 6) is 1.54. The van der Waals surface area contributed by atoms with Crippen molar-refractivity contribution in [2.24, 2.45) is 0 Å². The Morgan fingerprint density at radius 3 is 2.96 bits per heavy atom. The fourth-order valence-corrected chi connectivity index (χ4v) is 2.58. The molecule has 2 aromatic heterocycles. The highest BCUT2D eigenvalue weighted by Crippen LogP contribution is 2.19. The summed E-state index contributed by atoms with van der Waals surface area (Å²) in [6.07, 6.45) is 2.71. The maximum atomic E-state index is 5.82. The predicted molar refractivity (Wildman–Crippen MR) is 91.1 cm³/mol. The Labute approximate surface area is 145 Å². The molecule has 4 rings (SSSR count). The number of pyridine rings is 1. The van der Waals surface area contributed by atoms with Crippen LogP contribution in [0.25, 0.3) is 11.5 Å². The van der Waals surface area contributed by atoms with E-state index in [1.54, 1.807) is 6.20 Å². The van der Waals surface area contributed by atoms with E-state index in [9.17, 15) is 0 Å². The van der Waals surface area contributed by atoms with E-state index in [0.29, 0.717) is 30.9 Å². The summed E-state index contributed by atoms with van der Waals surface area (Å²) in [5, 5.41) is 7.10. The van der Waals surface area contributed by atoms with Gasteiger partial charge in [0.15, 0.2) is 0 Å². The van der Waals surface area contributed by atoms with Crippen molar-refractivity contribution in [3.8, 4) is 17.3 Å². The highest BCUT2D eigenvalue weighted by atomic mass is 16.5. The minimum atomic E-state index is 0.0846. The van der Waals surface area contributed by atoms with Crippen LogP contribution < -0.4 is 10.1 Å². The van der Waals surface area contributed by atoms with Crippen molar-refractivity contribution in [2.75, 3.05) is 18.5 Å². The molecule has 1 fully saturated rings. The van der Waals surface area contributed by atoms with Crippen molar-refractivity contribution in [1.82, 2.24) is 15.1 Å². The largest absolute Gasteiger partial charge is 0.472 e. The Kier molecular flexibility index (Phi) is 4.56. The van der Waals surface area contributed by atoms with E-state index in [-0.39, 0.29) is 6.10 Å². The molecule has 128 valence electrons. The molecule has 1 aliphatic heterocycles. The minimum absolute atomic E-state index is 0.0846. The van der Waals surface area contributed by atoms with Crippen LogP contribution in [-0.2, 0) is 11.3 Å². The molecule has 0 saturated carbocycles. The van der Waals surface area contributed by atoms with Gasteiger partial charge in [-0.05, 0) is 28.9 Å². The van der Waals surface area contributed by atoms with Gasteiger partial charge in [-0.15, -0.1) is 0 Å². The quantitative estimate of drug-likeness (QED) is 0.740. The lowest BCUT2D eigenvalue weighted by Gasteiger charge is -2.11. The monoisotopic (exact) mass is 338 g/mol. The number of nitrogens with zero attached hydrogens (tertiary/aromatic N) is 3. The van der Waals surface area contributed by atoms with Gasteiger partial charge in [0.2, 0.25) is 5.88 Å². The van der Waals surface area contributed by atoms with Crippen LogP contribution in [0.2, 0.25) is 0 Å². The third-order valence-electron chi connectivity index (χ3n) is 3.87.